The number of rotatable bonds is 4. The normalized spacial score (nSPS) is 27.1. The van der Waals surface area contributed by atoms with Crippen LogP contribution < -0.4 is 0 Å². The summed E-state index contributed by atoms with van der Waals surface area (Å²) in [5.41, 5.74) is 3.69. The molecule has 0 bridgehead atoms. The maximum absolute atomic E-state index is 11.7. The van der Waals surface area contributed by atoms with E-state index in [1.807, 2.05) is 6.07 Å². The van der Waals surface area contributed by atoms with Crippen molar-refractivity contribution in [3.63, 3.8) is 0 Å². The van der Waals surface area contributed by atoms with Gasteiger partial charge in [-0.05, 0) is 37.0 Å². The Morgan fingerprint density at radius 1 is 1.00 bits per heavy atom. The molecule has 1 aromatic heterocycles. The van der Waals surface area contributed by atoms with Gasteiger partial charge in [-0.1, -0.05) is 48.5 Å². The summed E-state index contributed by atoms with van der Waals surface area (Å²) in [5.74, 6) is 0. The molecule has 1 fully saturated rings. The lowest BCUT2D eigenvalue weighted by Crippen LogP contribution is -2.57. The molecule has 2 atom stereocenters. The lowest BCUT2D eigenvalue weighted by molar-refractivity contribution is -0.0788. The van der Waals surface area contributed by atoms with Gasteiger partial charge in [0.1, 0.15) is 0 Å². The second-order valence-electron chi connectivity index (χ2n) is 8.48. The molecule has 146 valence electrons. The Hall–Kier alpha value is -2.14. The van der Waals surface area contributed by atoms with Crippen LogP contribution in [-0.4, -0.2) is 45.0 Å². The zero-order valence-electron chi connectivity index (χ0n) is 16.4. The molecule has 4 nitrogen and oxygen atoms in total. The Balaban J connectivity index is 1.77. The van der Waals surface area contributed by atoms with E-state index in [0.717, 1.165) is 26.1 Å². The quantitative estimate of drug-likeness (QED) is 0.735. The van der Waals surface area contributed by atoms with Crippen LogP contribution in [0.4, 0.5) is 0 Å². The first kappa shape index (κ1) is 17.9. The van der Waals surface area contributed by atoms with Crippen molar-refractivity contribution in [2.45, 2.75) is 43.9 Å². The molecule has 2 aromatic carbocycles. The summed E-state index contributed by atoms with van der Waals surface area (Å²) < 4.78 is 2.42. The van der Waals surface area contributed by atoms with Crippen LogP contribution in [-0.2, 0) is 18.5 Å². The standard InChI is InChI=1S/C24H28N2O2/c1-23-22-20(11-14-25(23)15-12-24(23,28)13-16-27)19-9-5-6-10-21(19)26(22)17-18-7-3-2-4-8-18/h2-10,27-28H,11-17H2,1H3/t23-,24-/m1/s1. The molecule has 3 aromatic rings. The fraction of sp³-hybridized carbons (Fsp3) is 0.417. The molecule has 0 unspecified atom stereocenters. The summed E-state index contributed by atoms with van der Waals surface area (Å²) in [5, 5.41) is 22.7. The predicted octanol–water partition coefficient (Wildman–Crippen LogP) is 3.28. The maximum atomic E-state index is 11.7. The Kier molecular flexibility index (Phi) is 4.13. The van der Waals surface area contributed by atoms with E-state index in [9.17, 15) is 10.2 Å². The number of para-hydroxylation sites is 1. The zero-order valence-corrected chi connectivity index (χ0v) is 16.4. The molecular weight excluding hydrogens is 348 g/mol. The van der Waals surface area contributed by atoms with Gasteiger partial charge >= 0.3 is 0 Å². The first-order chi connectivity index (χ1) is 13.6. The fourth-order valence-corrected chi connectivity index (χ4v) is 5.70. The highest BCUT2D eigenvalue weighted by Crippen LogP contribution is 2.53. The molecule has 2 aliphatic heterocycles. The predicted molar refractivity (Wildman–Crippen MR) is 111 cm³/mol. The van der Waals surface area contributed by atoms with Crippen molar-refractivity contribution < 1.29 is 10.2 Å². The molecule has 0 aliphatic carbocycles. The van der Waals surface area contributed by atoms with Crippen molar-refractivity contribution in [3.05, 3.63) is 71.4 Å². The van der Waals surface area contributed by atoms with E-state index in [4.69, 9.17) is 0 Å². The van der Waals surface area contributed by atoms with E-state index in [-0.39, 0.29) is 6.61 Å². The Morgan fingerprint density at radius 2 is 1.75 bits per heavy atom. The van der Waals surface area contributed by atoms with Gasteiger partial charge in [-0.25, -0.2) is 0 Å². The van der Waals surface area contributed by atoms with E-state index in [2.05, 4.69) is 64.9 Å². The van der Waals surface area contributed by atoms with Gasteiger partial charge in [0, 0.05) is 49.3 Å². The molecule has 0 spiro atoms. The minimum absolute atomic E-state index is 0.00811. The first-order valence-corrected chi connectivity index (χ1v) is 10.3. The van der Waals surface area contributed by atoms with Gasteiger partial charge in [0.2, 0.25) is 0 Å². The minimum Gasteiger partial charge on any atom is -0.396 e. The van der Waals surface area contributed by atoms with Crippen molar-refractivity contribution in [2.24, 2.45) is 0 Å². The van der Waals surface area contributed by atoms with Crippen LogP contribution in [0.25, 0.3) is 10.9 Å². The second-order valence-corrected chi connectivity index (χ2v) is 8.48. The number of hydrogen-bond acceptors (Lipinski definition) is 3. The number of hydrogen-bond donors (Lipinski definition) is 2. The largest absolute Gasteiger partial charge is 0.396 e. The molecule has 1 saturated heterocycles. The van der Waals surface area contributed by atoms with Gasteiger partial charge in [-0.2, -0.15) is 0 Å². The Morgan fingerprint density at radius 3 is 2.54 bits per heavy atom. The monoisotopic (exact) mass is 376 g/mol. The van der Waals surface area contributed by atoms with E-state index < -0.39 is 11.1 Å². The highest BCUT2D eigenvalue weighted by molar-refractivity contribution is 5.86. The zero-order chi connectivity index (χ0) is 19.4. The lowest BCUT2D eigenvalue weighted by Gasteiger charge is -2.48. The highest BCUT2D eigenvalue weighted by Gasteiger charge is 2.59. The average molecular weight is 377 g/mol. The number of aliphatic hydroxyl groups excluding tert-OH is 1. The first-order valence-electron chi connectivity index (χ1n) is 10.3. The molecular formula is C24H28N2O2. The minimum atomic E-state index is -0.917. The topological polar surface area (TPSA) is 48.6 Å². The van der Waals surface area contributed by atoms with Crippen LogP contribution in [0.1, 0.15) is 36.6 Å². The van der Waals surface area contributed by atoms with Crippen LogP contribution in [0, 0.1) is 0 Å². The molecule has 4 heteroatoms. The third-order valence-corrected chi connectivity index (χ3v) is 7.21. The fourth-order valence-electron chi connectivity index (χ4n) is 5.70. The Labute approximate surface area is 166 Å². The number of fused-ring (bicyclic) bond motifs is 5. The summed E-state index contributed by atoms with van der Waals surface area (Å²) >= 11 is 0. The van der Waals surface area contributed by atoms with Crippen molar-refractivity contribution in [1.29, 1.82) is 0 Å². The summed E-state index contributed by atoms with van der Waals surface area (Å²) in [6.45, 7) is 4.81. The van der Waals surface area contributed by atoms with Gasteiger partial charge < -0.3 is 14.8 Å². The molecule has 2 N–H and O–H groups in total. The van der Waals surface area contributed by atoms with Crippen molar-refractivity contribution in [3.8, 4) is 0 Å². The van der Waals surface area contributed by atoms with Crippen LogP contribution in [0.3, 0.4) is 0 Å². The third-order valence-electron chi connectivity index (χ3n) is 7.21. The molecule has 3 heterocycles. The van der Waals surface area contributed by atoms with Gasteiger partial charge in [0.05, 0.1) is 11.1 Å². The van der Waals surface area contributed by atoms with Crippen molar-refractivity contribution in [1.82, 2.24) is 9.47 Å². The van der Waals surface area contributed by atoms with Gasteiger partial charge in [0.15, 0.2) is 0 Å². The van der Waals surface area contributed by atoms with E-state index in [0.29, 0.717) is 12.8 Å². The van der Waals surface area contributed by atoms with E-state index in [1.165, 1.54) is 27.7 Å². The lowest BCUT2D eigenvalue weighted by atomic mass is 9.74. The smallest absolute Gasteiger partial charge is 0.0918 e. The molecule has 0 radical (unpaired) electrons. The third kappa shape index (κ3) is 2.35. The summed E-state index contributed by atoms with van der Waals surface area (Å²) in [6, 6.07) is 19.2. The number of nitrogens with zero attached hydrogens (tertiary/aromatic N) is 2. The molecule has 5 rings (SSSR count). The van der Waals surface area contributed by atoms with Crippen molar-refractivity contribution in [2.75, 3.05) is 19.7 Å². The average Bonchev–Trinajstić information content (AvgIpc) is 3.16. The second kappa shape index (κ2) is 6.45. The number of benzene rings is 2. The van der Waals surface area contributed by atoms with Gasteiger partial charge in [0.25, 0.3) is 0 Å². The van der Waals surface area contributed by atoms with Gasteiger partial charge in [-0.15, -0.1) is 0 Å². The molecule has 0 saturated carbocycles. The van der Waals surface area contributed by atoms with Crippen LogP contribution in [0.2, 0.25) is 0 Å². The summed E-state index contributed by atoms with van der Waals surface area (Å²) in [6.07, 6.45) is 2.12. The maximum Gasteiger partial charge on any atom is 0.0918 e. The van der Waals surface area contributed by atoms with Crippen LogP contribution in [0.5, 0.6) is 0 Å². The molecule has 28 heavy (non-hydrogen) atoms. The van der Waals surface area contributed by atoms with E-state index >= 15 is 0 Å². The van der Waals surface area contributed by atoms with Crippen molar-refractivity contribution >= 4 is 10.9 Å². The Bertz CT molecular complexity index is 1010. The van der Waals surface area contributed by atoms with Crippen LogP contribution >= 0.6 is 0 Å². The highest BCUT2D eigenvalue weighted by atomic mass is 16.3. The van der Waals surface area contributed by atoms with E-state index in [1.54, 1.807) is 0 Å². The molecule has 0 amide bonds. The number of aromatic nitrogens is 1. The number of aliphatic hydroxyl groups is 2. The summed E-state index contributed by atoms with van der Waals surface area (Å²) in [7, 11) is 0. The molecule has 2 aliphatic rings. The van der Waals surface area contributed by atoms with Gasteiger partial charge in [-0.3, -0.25) is 4.90 Å². The SMILES string of the molecule is C[C@]12c3c(c4ccccc4n3Cc3ccccc3)CCN1CC[C@@]2(O)CCO. The van der Waals surface area contributed by atoms with Crippen LogP contribution in [0.15, 0.2) is 54.6 Å². The summed E-state index contributed by atoms with van der Waals surface area (Å²) in [4.78, 5) is 2.44.